The molecule has 7 nitrogen and oxygen atoms in total. The Morgan fingerprint density at radius 2 is 1.76 bits per heavy atom. The lowest BCUT2D eigenvalue weighted by molar-refractivity contribution is -0.121. The fraction of sp³-hybridized carbons (Fsp3) is 0.259. The van der Waals surface area contributed by atoms with Crippen LogP contribution in [0.1, 0.15) is 12.8 Å². The van der Waals surface area contributed by atoms with Crippen LogP contribution in [0.4, 0.5) is 29.3 Å². The summed E-state index contributed by atoms with van der Waals surface area (Å²) in [6, 6.07) is 11.2. The van der Waals surface area contributed by atoms with Gasteiger partial charge in [0.05, 0.1) is 18.5 Å². The Kier molecular flexibility index (Phi) is 7.83. The lowest BCUT2D eigenvalue weighted by Gasteiger charge is -2.33. The van der Waals surface area contributed by atoms with E-state index < -0.39 is 42.6 Å². The van der Waals surface area contributed by atoms with Gasteiger partial charge in [-0.05, 0) is 56.0 Å². The third-order valence-corrected chi connectivity index (χ3v) is 7.85. The van der Waals surface area contributed by atoms with Gasteiger partial charge in [-0.2, -0.15) is 0 Å². The standard InChI is InChI=1S/C27H27F3N3O4P/c1-37-16-10-12-20(19(28)15-16)31-27(35)32-21-8-6-14-33(26(21)34)22-13-11-18(24(29)25(22)30)17-7-4-5-9-23(17)38(2,3)36/h4-5,7,9-13,15,21H,6,8,14H2,1-3H3,(H2,31,32,35)/t21-/m1/s1. The molecule has 0 spiro atoms. The molecule has 0 saturated carbocycles. The summed E-state index contributed by atoms with van der Waals surface area (Å²) in [7, 11) is -1.41. The second kappa shape index (κ2) is 10.9. The maximum absolute atomic E-state index is 15.3. The van der Waals surface area contributed by atoms with Gasteiger partial charge in [0.1, 0.15) is 24.8 Å². The topological polar surface area (TPSA) is 87.7 Å². The van der Waals surface area contributed by atoms with E-state index in [-0.39, 0.29) is 35.7 Å². The highest BCUT2D eigenvalue weighted by Gasteiger charge is 2.33. The van der Waals surface area contributed by atoms with Gasteiger partial charge in [-0.1, -0.05) is 24.3 Å². The highest BCUT2D eigenvalue weighted by Crippen LogP contribution is 2.40. The van der Waals surface area contributed by atoms with Crippen molar-refractivity contribution in [2.45, 2.75) is 18.9 Å². The molecular weight excluding hydrogens is 518 g/mol. The Hall–Kier alpha value is -3.78. The molecule has 1 fully saturated rings. The molecule has 3 amide bonds. The first-order valence-electron chi connectivity index (χ1n) is 11.9. The number of nitrogens with zero attached hydrogens (tertiary/aromatic N) is 1. The largest absolute Gasteiger partial charge is 0.497 e. The number of anilines is 2. The molecule has 4 rings (SSSR count). The Labute approximate surface area is 218 Å². The van der Waals surface area contributed by atoms with Crippen LogP contribution in [0.2, 0.25) is 0 Å². The summed E-state index contributed by atoms with van der Waals surface area (Å²) >= 11 is 0. The first kappa shape index (κ1) is 27.3. The predicted molar refractivity (Wildman–Crippen MR) is 141 cm³/mol. The Bertz CT molecular complexity index is 1440. The Morgan fingerprint density at radius 1 is 1.03 bits per heavy atom. The minimum Gasteiger partial charge on any atom is -0.497 e. The van der Waals surface area contributed by atoms with Gasteiger partial charge < -0.3 is 24.8 Å². The van der Waals surface area contributed by atoms with Gasteiger partial charge in [-0.3, -0.25) is 4.79 Å². The predicted octanol–water partition coefficient (Wildman–Crippen LogP) is 5.34. The summed E-state index contributed by atoms with van der Waals surface area (Å²) in [6.07, 6.45) is 0.680. The van der Waals surface area contributed by atoms with E-state index in [4.69, 9.17) is 4.74 Å². The fourth-order valence-electron chi connectivity index (χ4n) is 4.42. The maximum Gasteiger partial charge on any atom is 0.319 e. The van der Waals surface area contributed by atoms with Crippen molar-refractivity contribution < 1.29 is 32.1 Å². The normalized spacial score (nSPS) is 15.8. The third-order valence-electron chi connectivity index (χ3n) is 6.30. The molecule has 0 unspecified atom stereocenters. The number of carbonyl (C=O) groups excluding carboxylic acids is 2. The van der Waals surface area contributed by atoms with Crippen LogP contribution in [-0.2, 0) is 9.36 Å². The average molecular weight is 545 g/mol. The Balaban J connectivity index is 1.54. The number of ether oxygens (including phenoxy) is 1. The van der Waals surface area contributed by atoms with Crippen LogP contribution in [0.25, 0.3) is 11.1 Å². The van der Waals surface area contributed by atoms with Crippen molar-refractivity contribution in [3.63, 3.8) is 0 Å². The average Bonchev–Trinajstić information content (AvgIpc) is 2.88. The van der Waals surface area contributed by atoms with E-state index in [2.05, 4.69) is 10.6 Å². The van der Waals surface area contributed by atoms with E-state index in [1.54, 1.807) is 37.6 Å². The van der Waals surface area contributed by atoms with Crippen molar-refractivity contribution in [2.24, 2.45) is 0 Å². The van der Waals surface area contributed by atoms with Crippen molar-refractivity contribution in [1.82, 2.24) is 5.32 Å². The van der Waals surface area contributed by atoms with Gasteiger partial charge >= 0.3 is 6.03 Å². The van der Waals surface area contributed by atoms with Crippen LogP contribution in [0, 0.1) is 17.5 Å². The SMILES string of the molecule is COc1ccc(NC(=O)N[C@@H]2CCCN(c3ccc(-c4ccccc4P(C)(C)=O)c(F)c3F)C2=O)c(F)c1. The molecule has 3 aromatic rings. The van der Waals surface area contributed by atoms with Gasteiger partial charge in [0.15, 0.2) is 11.6 Å². The van der Waals surface area contributed by atoms with Crippen molar-refractivity contribution in [1.29, 1.82) is 0 Å². The molecule has 1 aliphatic heterocycles. The molecule has 1 saturated heterocycles. The van der Waals surface area contributed by atoms with E-state index in [9.17, 15) is 18.5 Å². The zero-order chi connectivity index (χ0) is 27.6. The molecular formula is C27H27F3N3O4P. The van der Waals surface area contributed by atoms with Crippen LogP contribution in [0.5, 0.6) is 5.75 Å². The number of rotatable bonds is 6. The smallest absolute Gasteiger partial charge is 0.319 e. The summed E-state index contributed by atoms with van der Waals surface area (Å²) in [5, 5.41) is 5.24. The number of methoxy groups -OCH3 is 1. The van der Waals surface area contributed by atoms with Gasteiger partial charge in [-0.15, -0.1) is 0 Å². The van der Waals surface area contributed by atoms with E-state index in [0.29, 0.717) is 17.3 Å². The number of hydrogen-bond donors (Lipinski definition) is 2. The molecule has 38 heavy (non-hydrogen) atoms. The van der Waals surface area contributed by atoms with E-state index in [1.165, 1.54) is 31.4 Å². The number of carbonyl (C=O) groups is 2. The second-order valence-corrected chi connectivity index (χ2v) is 12.4. The summed E-state index contributed by atoms with van der Waals surface area (Å²) in [4.78, 5) is 26.7. The number of piperidine rings is 1. The van der Waals surface area contributed by atoms with Crippen LogP contribution < -0.4 is 25.6 Å². The van der Waals surface area contributed by atoms with Gasteiger partial charge in [0.25, 0.3) is 0 Å². The summed E-state index contributed by atoms with van der Waals surface area (Å²) < 4.78 is 62.5. The van der Waals surface area contributed by atoms with Crippen molar-refractivity contribution in [3.05, 3.63) is 72.0 Å². The van der Waals surface area contributed by atoms with Crippen molar-refractivity contribution in [2.75, 3.05) is 37.2 Å². The molecule has 1 atom stereocenters. The molecule has 1 heterocycles. The molecule has 1 aliphatic rings. The number of amides is 3. The molecule has 0 bridgehead atoms. The first-order chi connectivity index (χ1) is 18.0. The zero-order valence-corrected chi connectivity index (χ0v) is 22.0. The molecule has 0 aromatic heterocycles. The highest BCUT2D eigenvalue weighted by molar-refractivity contribution is 7.70. The fourth-order valence-corrected chi connectivity index (χ4v) is 5.64. The van der Waals surface area contributed by atoms with Crippen LogP contribution in [0.15, 0.2) is 54.6 Å². The molecule has 3 aromatic carbocycles. The van der Waals surface area contributed by atoms with Crippen molar-refractivity contribution >= 4 is 35.8 Å². The van der Waals surface area contributed by atoms with E-state index in [1.807, 2.05) is 0 Å². The van der Waals surface area contributed by atoms with E-state index >= 15 is 8.78 Å². The molecule has 2 N–H and O–H groups in total. The number of hydrogen-bond acceptors (Lipinski definition) is 4. The molecule has 0 radical (unpaired) electrons. The number of benzene rings is 3. The monoisotopic (exact) mass is 545 g/mol. The van der Waals surface area contributed by atoms with Gasteiger partial charge in [0, 0.05) is 23.5 Å². The lowest BCUT2D eigenvalue weighted by atomic mass is 10.0. The van der Waals surface area contributed by atoms with Crippen LogP contribution in [0.3, 0.4) is 0 Å². The second-order valence-electron chi connectivity index (χ2n) is 9.26. The summed E-state index contributed by atoms with van der Waals surface area (Å²) in [5.41, 5.74) is -0.129. The van der Waals surface area contributed by atoms with Gasteiger partial charge in [-0.25, -0.2) is 18.0 Å². The number of nitrogens with one attached hydrogen (secondary N) is 2. The zero-order valence-electron chi connectivity index (χ0n) is 21.1. The van der Waals surface area contributed by atoms with E-state index in [0.717, 1.165) is 11.0 Å². The van der Waals surface area contributed by atoms with Crippen LogP contribution in [-0.4, -0.2) is 45.0 Å². The van der Waals surface area contributed by atoms with Crippen LogP contribution >= 0.6 is 7.14 Å². The quantitative estimate of drug-likeness (QED) is 0.409. The molecule has 0 aliphatic carbocycles. The maximum atomic E-state index is 15.3. The van der Waals surface area contributed by atoms with Crippen molar-refractivity contribution in [3.8, 4) is 16.9 Å². The summed E-state index contributed by atoms with van der Waals surface area (Å²) in [5.74, 6) is -3.47. The summed E-state index contributed by atoms with van der Waals surface area (Å²) in [6.45, 7) is 3.22. The minimum atomic E-state index is -2.79. The molecule has 200 valence electrons. The first-order valence-corrected chi connectivity index (χ1v) is 14.5. The lowest BCUT2D eigenvalue weighted by Crippen LogP contribution is -2.53. The number of urea groups is 1. The Morgan fingerprint density at radius 3 is 2.45 bits per heavy atom. The highest BCUT2D eigenvalue weighted by atomic mass is 31.2. The third kappa shape index (κ3) is 5.55. The molecule has 11 heteroatoms. The van der Waals surface area contributed by atoms with Gasteiger partial charge in [0.2, 0.25) is 5.91 Å². The number of halogens is 3. The minimum absolute atomic E-state index is 0.0641.